The van der Waals surface area contributed by atoms with Gasteiger partial charge in [0.25, 0.3) is 0 Å². The predicted molar refractivity (Wildman–Crippen MR) is 66.8 cm³/mol. The fraction of sp³-hybridized carbons (Fsp3) is 0.364. The van der Waals surface area contributed by atoms with Gasteiger partial charge in [-0.05, 0) is 23.6 Å². The highest BCUT2D eigenvalue weighted by Crippen LogP contribution is 2.15. The molecule has 0 spiro atoms. The van der Waals surface area contributed by atoms with E-state index in [4.69, 9.17) is 17.1 Å². The third kappa shape index (κ3) is 5.24. The van der Waals surface area contributed by atoms with E-state index in [0.29, 0.717) is 24.5 Å². The Morgan fingerprint density at radius 3 is 2.94 bits per heavy atom. The first-order chi connectivity index (χ1) is 8.24. The number of amides is 1. The monoisotopic (exact) mass is 252 g/mol. The molecule has 1 aromatic carbocycles. The first-order valence-electron chi connectivity index (χ1n) is 5.25. The van der Waals surface area contributed by atoms with Crippen molar-refractivity contribution in [1.82, 2.24) is 5.32 Å². The van der Waals surface area contributed by atoms with Crippen molar-refractivity contribution in [2.45, 2.75) is 12.8 Å². The third-order valence-corrected chi connectivity index (χ3v) is 2.50. The Bertz CT molecular complexity index is 429. The van der Waals surface area contributed by atoms with Crippen molar-refractivity contribution >= 4 is 17.5 Å². The van der Waals surface area contributed by atoms with E-state index in [-0.39, 0.29) is 12.3 Å². The molecule has 1 aromatic rings. The maximum absolute atomic E-state index is 11.5. The molecule has 5 nitrogen and oxygen atoms in total. The molecule has 0 aliphatic heterocycles. The van der Waals surface area contributed by atoms with Gasteiger partial charge in [0.1, 0.15) is 0 Å². The summed E-state index contributed by atoms with van der Waals surface area (Å²) in [4.78, 5) is 14.2. The van der Waals surface area contributed by atoms with E-state index in [1.807, 2.05) is 18.2 Å². The molecule has 0 heterocycles. The summed E-state index contributed by atoms with van der Waals surface area (Å²) in [5.41, 5.74) is 8.86. The molecule has 0 fully saturated rings. The van der Waals surface area contributed by atoms with E-state index in [2.05, 4.69) is 15.3 Å². The quantitative estimate of drug-likeness (QED) is 0.359. The van der Waals surface area contributed by atoms with Gasteiger partial charge in [-0.25, -0.2) is 0 Å². The average Bonchev–Trinajstić information content (AvgIpc) is 2.32. The number of carbonyl (C=O) groups excluding carboxylic acids is 1. The van der Waals surface area contributed by atoms with Crippen LogP contribution in [0.4, 0.5) is 0 Å². The van der Waals surface area contributed by atoms with E-state index < -0.39 is 0 Å². The second-order valence-corrected chi connectivity index (χ2v) is 3.83. The van der Waals surface area contributed by atoms with Crippen molar-refractivity contribution in [3.05, 3.63) is 45.3 Å². The van der Waals surface area contributed by atoms with Crippen molar-refractivity contribution in [2.75, 3.05) is 13.1 Å². The van der Waals surface area contributed by atoms with Gasteiger partial charge in [0.2, 0.25) is 5.91 Å². The fourth-order valence-corrected chi connectivity index (χ4v) is 1.50. The van der Waals surface area contributed by atoms with E-state index in [0.717, 1.165) is 5.56 Å². The number of benzene rings is 1. The number of nitrogens with zero attached hydrogens (tertiary/aromatic N) is 3. The minimum Gasteiger partial charge on any atom is -0.356 e. The highest BCUT2D eigenvalue weighted by molar-refractivity contribution is 6.31. The molecule has 0 bridgehead atoms. The van der Waals surface area contributed by atoms with Crippen LogP contribution in [-0.4, -0.2) is 19.0 Å². The molecule has 90 valence electrons. The van der Waals surface area contributed by atoms with Crippen LogP contribution in [0.25, 0.3) is 10.4 Å². The summed E-state index contributed by atoms with van der Waals surface area (Å²) in [7, 11) is 0. The molecule has 1 N–H and O–H groups in total. The van der Waals surface area contributed by atoms with Gasteiger partial charge in [-0.15, -0.1) is 0 Å². The lowest BCUT2D eigenvalue weighted by Gasteiger charge is -2.05. The minimum atomic E-state index is -0.0842. The van der Waals surface area contributed by atoms with Crippen LogP contribution < -0.4 is 5.32 Å². The molecule has 0 aliphatic rings. The van der Waals surface area contributed by atoms with E-state index in [1.54, 1.807) is 6.07 Å². The molecule has 1 amide bonds. The Morgan fingerprint density at radius 1 is 1.47 bits per heavy atom. The van der Waals surface area contributed by atoms with E-state index >= 15 is 0 Å². The average molecular weight is 253 g/mol. The summed E-state index contributed by atoms with van der Waals surface area (Å²) in [5, 5.41) is 6.71. The summed E-state index contributed by atoms with van der Waals surface area (Å²) in [6.45, 7) is 0.894. The molecule has 1 rings (SSSR count). The van der Waals surface area contributed by atoms with Crippen molar-refractivity contribution in [1.29, 1.82) is 0 Å². The maximum Gasteiger partial charge on any atom is 0.224 e. The molecule has 0 radical (unpaired) electrons. The number of carbonyl (C=O) groups is 1. The second-order valence-electron chi connectivity index (χ2n) is 3.43. The van der Waals surface area contributed by atoms with Crippen LogP contribution in [0.5, 0.6) is 0 Å². The zero-order valence-corrected chi connectivity index (χ0v) is 10.0. The van der Waals surface area contributed by atoms with Crippen LogP contribution in [0.15, 0.2) is 29.4 Å². The molecule has 0 aliphatic carbocycles. The zero-order valence-electron chi connectivity index (χ0n) is 9.27. The first-order valence-corrected chi connectivity index (χ1v) is 5.63. The number of hydrogen-bond acceptors (Lipinski definition) is 2. The summed E-state index contributed by atoms with van der Waals surface area (Å²) in [6, 6.07) is 7.24. The number of azide groups is 1. The SMILES string of the molecule is [N-]=[N+]=NCCCNC(=O)Cc1ccccc1Cl. The zero-order chi connectivity index (χ0) is 12.5. The van der Waals surface area contributed by atoms with Gasteiger partial charge < -0.3 is 5.32 Å². The minimum absolute atomic E-state index is 0.0842. The van der Waals surface area contributed by atoms with Crippen LogP contribution in [0.3, 0.4) is 0 Å². The Hall–Kier alpha value is -1.71. The summed E-state index contributed by atoms with van der Waals surface area (Å²) < 4.78 is 0. The van der Waals surface area contributed by atoms with Crippen molar-refractivity contribution in [2.24, 2.45) is 5.11 Å². The van der Waals surface area contributed by atoms with Crippen molar-refractivity contribution < 1.29 is 4.79 Å². The molecule has 0 saturated carbocycles. The van der Waals surface area contributed by atoms with Crippen molar-refractivity contribution in [3.63, 3.8) is 0 Å². The van der Waals surface area contributed by atoms with Crippen LogP contribution >= 0.6 is 11.6 Å². The van der Waals surface area contributed by atoms with Crippen molar-refractivity contribution in [3.8, 4) is 0 Å². The van der Waals surface area contributed by atoms with E-state index in [1.165, 1.54) is 0 Å². The summed E-state index contributed by atoms with van der Waals surface area (Å²) in [5.74, 6) is -0.0842. The van der Waals surface area contributed by atoms with Gasteiger partial charge >= 0.3 is 0 Å². The molecule has 17 heavy (non-hydrogen) atoms. The predicted octanol–water partition coefficient (Wildman–Crippen LogP) is 2.70. The highest BCUT2D eigenvalue weighted by atomic mass is 35.5. The maximum atomic E-state index is 11.5. The molecule has 0 unspecified atom stereocenters. The van der Waals surface area contributed by atoms with Crippen LogP contribution in [-0.2, 0) is 11.2 Å². The number of hydrogen-bond donors (Lipinski definition) is 1. The van der Waals surface area contributed by atoms with E-state index in [9.17, 15) is 4.79 Å². The highest BCUT2D eigenvalue weighted by Gasteiger charge is 2.05. The van der Waals surface area contributed by atoms with Gasteiger partial charge in [0.15, 0.2) is 0 Å². The first kappa shape index (κ1) is 13.4. The number of nitrogens with one attached hydrogen (secondary N) is 1. The lowest BCUT2D eigenvalue weighted by Crippen LogP contribution is -2.26. The lowest BCUT2D eigenvalue weighted by atomic mass is 10.1. The second kappa shape index (κ2) is 7.54. The molecule has 0 saturated heterocycles. The third-order valence-electron chi connectivity index (χ3n) is 2.13. The number of halogens is 1. The van der Waals surface area contributed by atoms with Gasteiger partial charge in [0.05, 0.1) is 6.42 Å². The van der Waals surface area contributed by atoms with Gasteiger partial charge in [-0.2, -0.15) is 0 Å². The molecule has 6 heteroatoms. The normalized spacial score (nSPS) is 9.47. The van der Waals surface area contributed by atoms with Crippen LogP contribution in [0, 0.1) is 0 Å². The molecular formula is C11H13ClN4O. The van der Waals surface area contributed by atoms with Gasteiger partial charge in [0, 0.05) is 23.0 Å². The standard InChI is InChI=1S/C11H13ClN4O/c12-10-5-2-1-4-9(10)8-11(17)14-6-3-7-15-16-13/h1-2,4-5H,3,6-8H2,(H,14,17). The van der Waals surface area contributed by atoms with Crippen LogP contribution in [0.2, 0.25) is 5.02 Å². The van der Waals surface area contributed by atoms with Gasteiger partial charge in [-0.3, -0.25) is 4.79 Å². The topological polar surface area (TPSA) is 77.9 Å². The largest absolute Gasteiger partial charge is 0.356 e. The Balaban J connectivity index is 2.30. The van der Waals surface area contributed by atoms with Gasteiger partial charge in [-0.1, -0.05) is 34.9 Å². The lowest BCUT2D eigenvalue weighted by molar-refractivity contribution is -0.120. The Morgan fingerprint density at radius 2 is 2.24 bits per heavy atom. The number of rotatable bonds is 6. The van der Waals surface area contributed by atoms with Crippen LogP contribution in [0.1, 0.15) is 12.0 Å². The Kier molecular flexibility index (Phi) is 5.93. The fourth-order valence-electron chi connectivity index (χ4n) is 1.30. The Labute approximate surface area is 104 Å². The smallest absolute Gasteiger partial charge is 0.224 e. The molecule has 0 aromatic heterocycles. The molecular weight excluding hydrogens is 240 g/mol. The summed E-state index contributed by atoms with van der Waals surface area (Å²) in [6.07, 6.45) is 0.902. The summed E-state index contributed by atoms with van der Waals surface area (Å²) >= 11 is 5.94. The molecule has 0 atom stereocenters.